The van der Waals surface area contributed by atoms with E-state index in [1.807, 2.05) is 66.7 Å². The van der Waals surface area contributed by atoms with Gasteiger partial charge in [-0.15, -0.1) is 0 Å². The van der Waals surface area contributed by atoms with Crippen LogP contribution in [0.15, 0.2) is 115 Å². The van der Waals surface area contributed by atoms with Crippen LogP contribution in [0.2, 0.25) is 0 Å². The number of rotatable bonds is 8. The first-order valence-corrected chi connectivity index (χ1v) is 10.9. The number of ether oxygens (including phenoxy) is 1. The molecule has 0 aliphatic rings. The molecule has 2 N–H and O–H groups in total. The molecule has 0 spiro atoms. The number of esters is 1. The molecule has 166 valence electrons. The zero-order chi connectivity index (χ0) is 23.1. The van der Waals surface area contributed by atoms with Crippen molar-refractivity contribution in [2.75, 3.05) is 7.11 Å². The molecule has 0 aliphatic carbocycles. The molecule has 0 amide bonds. The van der Waals surface area contributed by atoms with Gasteiger partial charge in [0.05, 0.1) is 12.6 Å². The molecule has 0 saturated carbocycles. The number of hydrogen-bond acceptors (Lipinski definition) is 4. The normalized spacial score (nSPS) is 12.2. The molecule has 0 bridgehead atoms. The van der Waals surface area contributed by atoms with Gasteiger partial charge in [-0.1, -0.05) is 103 Å². The van der Waals surface area contributed by atoms with Crippen molar-refractivity contribution in [3.05, 3.63) is 138 Å². The highest BCUT2D eigenvalue weighted by atomic mass is 16.5. The van der Waals surface area contributed by atoms with Crippen LogP contribution in [-0.4, -0.2) is 24.2 Å². The third-order valence-electron chi connectivity index (χ3n) is 5.87. The number of phenolic OH excluding ortho intramolecular Hbond substituents is 1. The predicted octanol–water partition coefficient (Wildman–Crippen LogP) is 5.06. The van der Waals surface area contributed by atoms with Crippen molar-refractivity contribution in [1.82, 2.24) is 5.32 Å². The van der Waals surface area contributed by atoms with Crippen molar-refractivity contribution in [1.29, 1.82) is 0 Å². The maximum absolute atomic E-state index is 13.0. The molecule has 0 aromatic heterocycles. The highest BCUT2D eigenvalue weighted by molar-refractivity contribution is 5.76. The van der Waals surface area contributed by atoms with Gasteiger partial charge in [0.25, 0.3) is 0 Å². The van der Waals surface area contributed by atoms with E-state index in [-0.39, 0.29) is 11.7 Å². The summed E-state index contributed by atoms with van der Waals surface area (Å²) < 4.78 is 5.21. The molecule has 33 heavy (non-hydrogen) atoms. The molecule has 0 fully saturated rings. The number of benzene rings is 4. The second kappa shape index (κ2) is 10.2. The summed E-state index contributed by atoms with van der Waals surface area (Å²) in [4.78, 5) is 13.0. The number of carbonyl (C=O) groups is 1. The van der Waals surface area contributed by atoms with Gasteiger partial charge in [0, 0.05) is 0 Å². The second-order valence-corrected chi connectivity index (χ2v) is 7.94. The number of phenols is 1. The van der Waals surface area contributed by atoms with E-state index < -0.39 is 11.6 Å². The first-order chi connectivity index (χ1) is 16.1. The lowest BCUT2D eigenvalue weighted by Crippen LogP contribution is -2.53. The second-order valence-electron chi connectivity index (χ2n) is 7.94. The minimum atomic E-state index is -0.792. The Kier molecular flexibility index (Phi) is 6.86. The van der Waals surface area contributed by atoms with Crippen LogP contribution >= 0.6 is 0 Å². The highest BCUT2D eigenvalue weighted by Gasteiger charge is 2.40. The van der Waals surface area contributed by atoms with E-state index in [0.29, 0.717) is 6.42 Å². The number of carbonyl (C=O) groups excluding carboxylic acids is 1. The quantitative estimate of drug-likeness (QED) is 0.299. The lowest BCUT2D eigenvalue weighted by molar-refractivity contribution is -0.143. The number of aromatic hydroxyl groups is 1. The molecule has 4 nitrogen and oxygen atoms in total. The number of methoxy groups -OCH3 is 1. The fourth-order valence-corrected chi connectivity index (χ4v) is 4.28. The van der Waals surface area contributed by atoms with E-state index in [9.17, 15) is 9.90 Å². The van der Waals surface area contributed by atoms with Crippen molar-refractivity contribution in [2.45, 2.75) is 18.0 Å². The van der Waals surface area contributed by atoms with Crippen LogP contribution in [0.25, 0.3) is 0 Å². The van der Waals surface area contributed by atoms with Crippen LogP contribution < -0.4 is 5.32 Å². The van der Waals surface area contributed by atoms with Crippen molar-refractivity contribution >= 4 is 5.97 Å². The smallest absolute Gasteiger partial charge is 0.323 e. The zero-order valence-corrected chi connectivity index (χ0v) is 18.5. The van der Waals surface area contributed by atoms with Crippen LogP contribution in [0.4, 0.5) is 0 Å². The summed E-state index contributed by atoms with van der Waals surface area (Å²) in [5.41, 5.74) is 3.17. The molecule has 4 aromatic carbocycles. The molecule has 0 saturated heterocycles. The monoisotopic (exact) mass is 437 g/mol. The predicted molar refractivity (Wildman–Crippen MR) is 130 cm³/mol. The lowest BCUT2D eigenvalue weighted by Gasteiger charge is -2.39. The molecule has 0 aliphatic heterocycles. The van der Waals surface area contributed by atoms with Gasteiger partial charge in [-0.3, -0.25) is 10.1 Å². The Bertz CT molecular complexity index is 1060. The Morgan fingerprint density at radius 3 is 1.58 bits per heavy atom. The first-order valence-electron chi connectivity index (χ1n) is 10.9. The van der Waals surface area contributed by atoms with Crippen LogP contribution in [0.1, 0.15) is 22.3 Å². The van der Waals surface area contributed by atoms with E-state index in [0.717, 1.165) is 22.3 Å². The molecule has 0 unspecified atom stereocenters. The van der Waals surface area contributed by atoms with Crippen LogP contribution in [0.3, 0.4) is 0 Å². The van der Waals surface area contributed by atoms with Gasteiger partial charge in [0.1, 0.15) is 11.8 Å². The summed E-state index contributed by atoms with van der Waals surface area (Å²) in [6.07, 6.45) is 0.404. The Morgan fingerprint density at radius 1 is 0.758 bits per heavy atom. The summed E-state index contributed by atoms with van der Waals surface area (Å²) >= 11 is 0. The minimum Gasteiger partial charge on any atom is -0.508 e. The van der Waals surface area contributed by atoms with Gasteiger partial charge in [-0.05, 0) is 40.8 Å². The average molecular weight is 438 g/mol. The van der Waals surface area contributed by atoms with Gasteiger partial charge >= 0.3 is 5.97 Å². The summed E-state index contributed by atoms with van der Waals surface area (Å²) in [7, 11) is 1.41. The van der Waals surface area contributed by atoms with Gasteiger partial charge < -0.3 is 9.84 Å². The van der Waals surface area contributed by atoms with Gasteiger partial charge in [-0.25, -0.2) is 0 Å². The molecule has 0 heterocycles. The fraction of sp³-hybridized carbons (Fsp3) is 0.138. The molecule has 1 atom stereocenters. The van der Waals surface area contributed by atoms with E-state index in [2.05, 4.69) is 41.7 Å². The summed E-state index contributed by atoms with van der Waals surface area (Å²) in [6, 6.07) is 36.7. The highest BCUT2D eigenvalue weighted by Crippen LogP contribution is 2.37. The third-order valence-corrected chi connectivity index (χ3v) is 5.87. The maximum Gasteiger partial charge on any atom is 0.323 e. The molecule has 4 rings (SSSR count). The Morgan fingerprint density at radius 2 is 1.18 bits per heavy atom. The molecule has 0 radical (unpaired) electrons. The van der Waals surface area contributed by atoms with Crippen molar-refractivity contribution in [3.8, 4) is 5.75 Å². The summed E-state index contributed by atoms with van der Waals surface area (Å²) in [6.45, 7) is 0. The van der Waals surface area contributed by atoms with E-state index >= 15 is 0 Å². The minimum absolute atomic E-state index is 0.188. The number of nitrogens with one attached hydrogen (secondary N) is 1. The van der Waals surface area contributed by atoms with Crippen LogP contribution in [0, 0.1) is 0 Å². The third kappa shape index (κ3) is 4.81. The first kappa shape index (κ1) is 22.3. The van der Waals surface area contributed by atoms with Gasteiger partial charge in [0.2, 0.25) is 0 Å². The Hall–Kier alpha value is -3.89. The SMILES string of the molecule is COC(=O)[C@H](Cc1ccc(O)cc1)NC(c1ccccc1)(c1ccccc1)c1ccccc1. The molecule has 4 aromatic rings. The topological polar surface area (TPSA) is 58.6 Å². The van der Waals surface area contributed by atoms with Gasteiger partial charge in [-0.2, -0.15) is 0 Å². The standard InChI is InChI=1S/C29H27NO3/c1-33-28(32)27(21-22-17-19-26(31)20-18-22)30-29(23-11-5-2-6-12-23,24-13-7-3-8-14-24)25-15-9-4-10-16-25/h2-20,27,30-31H,21H2,1H3/t27-/m0/s1. The molecular formula is C29H27NO3. The van der Waals surface area contributed by atoms with Crippen molar-refractivity contribution in [2.24, 2.45) is 0 Å². The van der Waals surface area contributed by atoms with E-state index in [1.54, 1.807) is 12.1 Å². The summed E-state index contributed by atoms with van der Waals surface area (Å²) in [5, 5.41) is 13.4. The lowest BCUT2D eigenvalue weighted by atomic mass is 9.76. The fourth-order valence-electron chi connectivity index (χ4n) is 4.28. The van der Waals surface area contributed by atoms with Crippen LogP contribution in [0.5, 0.6) is 5.75 Å². The zero-order valence-electron chi connectivity index (χ0n) is 18.5. The number of hydrogen-bond donors (Lipinski definition) is 2. The van der Waals surface area contributed by atoms with Gasteiger partial charge in [0.15, 0.2) is 0 Å². The largest absolute Gasteiger partial charge is 0.508 e. The maximum atomic E-state index is 13.0. The van der Waals surface area contributed by atoms with Crippen LogP contribution in [-0.2, 0) is 21.5 Å². The van der Waals surface area contributed by atoms with Crippen molar-refractivity contribution in [3.63, 3.8) is 0 Å². The van der Waals surface area contributed by atoms with E-state index in [1.165, 1.54) is 7.11 Å². The average Bonchev–Trinajstić information content (AvgIpc) is 2.89. The Balaban J connectivity index is 1.89. The van der Waals surface area contributed by atoms with Crippen molar-refractivity contribution < 1.29 is 14.6 Å². The molecule has 4 heteroatoms. The molecular weight excluding hydrogens is 410 g/mol. The van der Waals surface area contributed by atoms with E-state index in [4.69, 9.17) is 4.74 Å². The summed E-state index contributed by atoms with van der Waals surface area (Å²) in [5.74, 6) is -0.163. The Labute approximate surface area is 194 Å².